The molecule has 1 amide bonds. The number of hydrogen-bond acceptors (Lipinski definition) is 2. The van der Waals surface area contributed by atoms with Gasteiger partial charge >= 0.3 is 0 Å². The normalized spacial score (nSPS) is 11.8. The van der Waals surface area contributed by atoms with Crippen LogP contribution in [0.5, 0.6) is 0 Å². The smallest absolute Gasteiger partial charge is 0.237 e. The third-order valence-electron chi connectivity index (χ3n) is 2.38. The maximum Gasteiger partial charge on any atom is 0.237 e. The first kappa shape index (κ1) is 15.9. The van der Waals surface area contributed by atoms with Gasteiger partial charge in [0.2, 0.25) is 5.91 Å². The highest BCUT2D eigenvalue weighted by atomic mass is 35.5. The summed E-state index contributed by atoms with van der Waals surface area (Å²) in [6.07, 6.45) is 0. The summed E-state index contributed by atoms with van der Waals surface area (Å²) in [5.41, 5.74) is 6.39. The molecule has 0 aliphatic rings. The van der Waals surface area contributed by atoms with E-state index in [0.29, 0.717) is 6.54 Å². The molecule has 0 spiro atoms. The molecular weight excluding hydrogens is 243 g/mol. The Kier molecular flexibility index (Phi) is 6.76. The van der Waals surface area contributed by atoms with Gasteiger partial charge in [-0.3, -0.25) is 4.79 Å². The van der Waals surface area contributed by atoms with E-state index in [1.807, 2.05) is 13.8 Å². The number of nitrogens with one attached hydrogen (secondary N) is 1. The topological polar surface area (TPSA) is 55.1 Å². The van der Waals surface area contributed by atoms with Crippen LogP contribution in [-0.2, 0) is 11.3 Å². The lowest BCUT2D eigenvalue weighted by molar-refractivity contribution is -0.123. The molecule has 0 saturated heterocycles. The van der Waals surface area contributed by atoms with Crippen molar-refractivity contribution < 1.29 is 9.18 Å². The molecule has 1 unspecified atom stereocenters. The van der Waals surface area contributed by atoms with Gasteiger partial charge in [-0.25, -0.2) is 4.39 Å². The Hall–Kier alpha value is -1.13. The molecule has 1 atom stereocenters. The van der Waals surface area contributed by atoms with Crippen LogP contribution in [0.2, 0.25) is 0 Å². The van der Waals surface area contributed by atoms with E-state index in [9.17, 15) is 9.18 Å². The molecule has 0 fully saturated rings. The Morgan fingerprint density at radius 3 is 2.65 bits per heavy atom. The van der Waals surface area contributed by atoms with E-state index in [-0.39, 0.29) is 30.0 Å². The zero-order chi connectivity index (χ0) is 12.1. The molecule has 1 aromatic rings. The molecule has 0 aliphatic carbocycles. The molecule has 0 aromatic heterocycles. The van der Waals surface area contributed by atoms with Crippen LogP contribution in [0.25, 0.3) is 0 Å². The van der Waals surface area contributed by atoms with Gasteiger partial charge < -0.3 is 11.1 Å². The monoisotopic (exact) mass is 260 g/mol. The molecule has 3 N–H and O–H groups in total. The van der Waals surface area contributed by atoms with E-state index in [1.54, 1.807) is 12.1 Å². The van der Waals surface area contributed by atoms with Crippen molar-refractivity contribution in [2.24, 2.45) is 11.7 Å². The van der Waals surface area contributed by atoms with E-state index in [2.05, 4.69) is 5.32 Å². The fraction of sp³-hybridized carbons (Fsp3) is 0.417. The van der Waals surface area contributed by atoms with Crippen molar-refractivity contribution in [2.45, 2.75) is 26.4 Å². The van der Waals surface area contributed by atoms with Crippen LogP contribution in [0.15, 0.2) is 24.3 Å². The largest absolute Gasteiger partial charge is 0.351 e. The van der Waals surface area contributed by atoms with E-state index >= 15 is 0 Å². The highest BCUT2D eigenvalue weighted by Gasteiger charge is 2.16. The molecule has 96 valence electrons. The third kappa shape index (κ3) is 5.15. The zero-order valence-electron chi connectivity index (χ0n) is 9.94. The molecule has 17 heavy (non-hydrogen) atoms. The van der Waals surface area contributed by atoms with Gasteiger partial charge in [0.05, 0.1) is 6.04 Å². The van der Waals surface area contributed by atoms with Gasteiger partial charge in [-0.1, -0.05) is 26.0 Å². The van der Waals surface area contributed by atoms with E-state index in [4.69, 9.17) is 5.73 Å². The predicted molar refractivity (Wildman–Crippen MR) is 68.3 cm³/mol. The molecule has 1 aromatic carbocycles. The van der Waals surface area contributed by atoms with Crippen molar-refractivity contribution >= 4 is 18.3 Å². The molecule has 0 heterocycles. The summed E-state index contributed by atoms with van der Waals surface area (Å²) in [5, 5.41) is 2.68. The summed E-state index contributed by atoms with van der Waals surface area (Å²) in [5.74, 6) is -0.424. The predicted octanol–water partition coefficient (Wildman–Crippen LogP) is 1.85. The Bertz CT molecular complexity index is 371. The first-order chi connectivity index (χ1) is 7.50. The Morgan fingerprint density at radius 1 is 1.47 bits per heavy atom. The molecule has 5 heteroatoms. The first-order valence-electron chi connectivity index (χ1n) is 5.28. The van der Waals surface area contributed by atoms with Crippen molar-refractivity contribution in [1.82, 2.24) is 5.32 Å². The van der Waals surface area contributed by atoms with Gasteiger partial charge in [-0.15, -0.1) is 12.4 Å². The van der Waals surface area contributed by atoms with Crippen molar-refractivity contribution in [3.8, 4) is 0 Å². The number of benzene rings is 1. The zero-order valence-corrected chi connectivity index (χ0v) is 10.8. The number of carbonyl (C=O) groups excluding carboxylic acids is 1. The van der Waals surface area contributed by atoms with Gasteiger partial charge in [-0.05, 0) is 23.6 Å². The lowest BCUT2D eigenvalue weighted by Gasteiger charge is -2.15. The second-order valence-electron chi connectivity index (χ2n) is 4.12. The lowest BCUT2D eigenvalue weighted by atomic mass is 10.0. The van der Waals surface area contributed by atoms with Gasteiger partial charge in [0.1, 0.15) is 5.82 Å². The van der Waals surface area contributed by atoms with Crippen molar-refractivity contribution in [3.63, 3.8) is 0 Å². The lowest BCUT2D eigenvalue weighted by Crippen LogP contribution is -2.43. The van der Waals surface area contributed by atoms with Crippen molar-refractivity contribution in [1.29, 1.82) is 0 Å². The number of amides is 1. The SMILES string of the molecule is CC(C)C(N)C(=O)NCc1cccc(F)c1.Cl. The van der Waals surface area contributed by atoms with Crippen molar-refractivity contribution in [2.75, 3.05) is 0 Å². The van der Waals surface area contributed by atoms with Crippen LogP contribution in [0.3, 0.4) is 0 Å². The molecule has 3 nitrogen and oxygen atoms in total. The maximum absolute atomic E-state index is 12.8. The van der Waals surface area contributed by atoms with Crippen LogP contribution in [0.4, 0.5) is 4.39 Å². The number of halogens is 2. The van der Waals surface area contributed by atoms with Gasteiger partial charge in [0.25, 0.3) is 0 Å². The van der Waals surface area contributed by atoms with E-state index < -0.39 is 6.04 Å². The van der Waals surface area contributed by atoms with Gasteiger partial charge in [-0.2, -0.15) is 0 Å². The van der Waals surface area contributed by atoms with Crippen LogP contribution in [0.1, 0.15) is 19.4 Å². The van der Waals surface area contributed by atoms with Gasteiger partial charge in [0, 0.05) is 6.54 Å². The molecular formula is C12H18ClFN2O. The molecule has 0 aliphatic heterocycles. The first-order valence-corrected chi connectivity index (χ1v) is 5.28. The summed E-state index contributed by atoms with van der Waals surface area (Å²) in [4.78, 5) is 11.5. The number of rotatable bonds is 4. The quantitative estimate of drug-likeness (QED) is 0.868. The van der Waals surface area contributed by atoms with Gasteiger partial charge in [0.15, 0.2) is 0 Å². The molecule has 0 bridgehead atoms. The van der Waals surface area contributed by atoms with Crippen molar-refractivity contribution in [3.05, 3.63) is 35.6 Å². The Morgan fingerprint density at radius 2 is 2.12 bits per heavy atom. The standard InChI is InChI=1S/C12H17FN2O.ClH/c1-8(2)11(14)12(16)15-7-9-4-3-5-10(13)6-9;/h3-6,8,11H,7,14H2,1-2H3,(H,15,16);1H. The average molecular weight is 261 g/mol. The number of nitrogens with two attached hydrogens (primary N) is 1. The molecule has 0 saturated carbocycles. The third-order valence-corrected chi connectivity index (χ3v) is 2.38. The number of hydrogen-bond donors (Lipinski definition) is 2. The highest BCUT2D eigenvalue weighted by Crippen LogP contribution is 2.03. The second-order valence-corrected chi connectivity index (χ2v) is 4.12. The minimum absolute atomic E-state index is 0. The maximum atomic E-state index is 12.8. The Balaban J connectivity index is 0.00000256. The second kappa shape index (κ2) is 7.25. The molecule has 1 rings (SSSR count). The summed E-state index contributed by atoms with van der Waals surface area (Å²) in [6, 6.07) is 5.60. The van der Waals surface area contributed by atoms with Crippen LogP contribution < -0.4 is 11.1 Å². The fourth-order valence-corrected chi connectivity index (χ4v) is 1.26. The fourth-order valence-electron chi connectivity index (χ4n) is 1.26. The summed E-state index contributed by atoms with van der Waals surface area (Å²) in [7, 11) is 0. The minimum Gasteiger partial charge on any atom is -0.351 e. The molecule has 0 radical (unpaired) electrons. The minimum atomic E-state index is -0.520. The highest BCUT2D eigenvalue weighted by molar-refractivity contribution is 5.85. The van der Waals surface area contributed by atoms with Crippen LogP contribution in [0, 0.1) is 11.7 Å². The average Bonchev–Trinajstić information content (AvgIpc) is 2.24. The van der Waals surface area contributed by atoms with E-state index in [0.717, 1.165) is 5.56 Å². The van der Waals surface area contributed by atoms with E-state index in [1.165, 1.54) is 12.1 Å². The van der Waals surface area contributed by atoms with Crippen LogP contribution >= 0.6 is 12.4 Å². The summed E-state index contributed by atoms with van der Waals surface area (Å²) >= 11 is 0. The number of carbonyl (C=O) groups is 1. The van der Waals surface area contributed by atoms with Crippen LogP contribution in [-0.4, -0.2) is 11.9 Å². The Labute approximate surface area is 107 Å². The summed E-state index contributed by atoms with van der Waals surface area (Å²) < 4.78 is 12.8. The summed E-state index contributed by atoms with van der Waals surface area (Å²) in [6.45, 7) is 4.07.